The summed E-state index contributed by atoms with van der Waals surface area (Å²) in [6, 6.07) is 1.02. The smallest absolute Gasteiger partial charge is 0.0584 e. The van der Waals surface area contributed by atoms with Crippen LogP contribution in [0.15, 0.2) is 0 Å². The second-order valence-corrected chi connectivity index (χ2v) is 4.79. The molecule has 0 aromatic heterocycles. The lowest BCUT2D eigenvalue weighted by Gasteiger charge is -2.37. The summed E-state index contributed by atoms with van der Waals surface area (Å²) in [5, 5.41) is 9.12. The summed E-state index contributed by atoms with van der Waals surface area (Å²) in [5.74, 6) is 0.919. The molecule has 0 heterocycles. The summed E-state index contributed by atoms with van der Waals surface area (Å²) in [4.78, 5) is 2.36. The number of hydrogen-bond acceptors (Lipinski definition) is 2. The van der Waals surface area contributed by atoms with Crippen LogP contribution in [0.25, 0.3) is 0 Å². The molecule has 0 amide bonds. The molecule has 1 saturated carbocycles. The van der Waals surface area contributed by atoms with Crippen molar-refractivity contribution >= 4 is 0 Å². The van der Waals surface area contributed by atoms with Gasteiger partial charge in [-0.15, -0.1) is 0 Å². The fraction of sp³-hybridized carbons (Fsp3) is 1.00. The van der Waals surface area contributed by atoms with Crippen LogP contribution < -0.4 is 0 Å². The third kappa shape index (κ3) is 2.96. The first-order chi connectivity index (χ1) is 6.69. The van der Waals surface area contributed by atoms with Gasteiger partial charge in [-0.05, 0) is 32.7 Å². The molecule has 2 heteroatoms. The van der Waals surface area contributed by atoms with Crippen LogP contribution in [-0.4, -0.2) is 35.7 Å². The second-order valence-electron chi connectivity index (χ2n) is 4.79. The molecule has 2 nitrogen and oxygen atoms in total. The van der Waals surface area contributed by atoms with E-state index in [0.29, 0.717) is 12.1 Å². The molecule has 14 heavy (non-hydrogen) atoms. The van der Waals surface area contributed by atoms with Gasteiger partial charge in [0, 0.05) is 12.1 Å². The molecule has 0 saturated heterocycles. The molecule has 0 bridgehead atoms. The van der Waals surface area contributed by atoms with Crippen LogP contribution >= 0.6 is 0 Å². The van der Waals surface area contributed by atoms with E-state index < -0.39 is 0 Å². The number of rotatable bonds is 4. The summed E-state index contributed by atoms with van der Waals surface area (Å²) in [6.45, 7) is 4.68. The van der Waals surface area contributed by atoms with Crippen molar-refractivity contribution in [3.8, 4) is 0 Å². The zero-order valence-corrected chi connectivity index (χ0v) is 9.87. The molecule has 1 aliphatic rings. The molecule has 1 rings (SSSR count). The SMILES string of the molecule is CCC1CCCC(N(C)C(C)CO)C1. The van der Waals surface area contributed by atoms with Gasteiger partial charge in [0.1, 0.15) is 0 Å². The van der Waals surface area contributed by atoms with Crippen LogP contribution in [-0.2, 0) is 0 Å². The van der Waals surface area contributed by atoms with E-state index in [4.69, 9.17) is 5.11 Å². The maximum atomic E-state index is 9.12. The Morgan fingerprint density at radius 2 is 2.14 bits per heavy atom. The van der Waals surface area contributed by atoms with Crippen LogP contribution in [0.4, 0.5) is 0 Å². The van der Waals surface area contributed by atoms with E-state index >= 15 is 0 Å². The third-order valence-electron chi connectivity index (χ3n) is 3.87. The highest BCUT2D eigenvalue weighted by atomic mass is 16.3. The lowest BCUT2D eigenvalue weighted by molar-refractivity contribution is 0.0841. The fourth-order valence-corrected chi connectivity index (χ4v) is 2.49. The Bertz CT molecular complexity index is 158. The lowest BCUT2D eigenvalue weighted by Crippen LogP contribution is -2.42. The number of nitrogens with zero attached hydrogens (tertiary/aromatic N) is 1. The van der Waals surface area contributed by atoms with Gasteiger partial charge in [-0.1, -0.05) is 26.2 Å². The number of aliphatic hydroxyl groups excluding tert-OH is 1. The fourth-order valence-electron chi connectivity index (χ4n) is 2.49. The Kier molecular flexibility index (Phi) is 4.90. The van der Waals surface area contributed by atoms with Crippen molar-refractivity contribution in [3.63, 3.8) is 0 Å². The standard InChI is InChI=1S/C12H25NO/c1-4-11-6-5-7-12(8-11)13(3)10(2)9-14/h10-12,14H,4-9H2,1-3H3. The van der Waals surface area contributed by atoms with Crippen LogP contribution in [0.1, 0.15) is 46.0 Å². The van der Waals surface area contributed by atoms with Crippen LogP contribution in [0.3, 0.4) is 0 Å². The minimum atomic E-state index is 0.282. The Balaban J connectivity index is 2.42. The Labute approximate surface area is 88.3 Å². The van der Waals surface area contributed by atoms with Crippen molar-refractivity contribution in [2.75, 3.05) is 13.7 Å². The van der Waals surface area contributed by atoms with Crippen molar-refractivity contribution in [1.29, 1.82) is 0 Å². The van der Waals surface area contributed by atoms with E-state index in [-0.39, 0.29) is 6.61 Å². The predicted octanol–water partition coefficient (Wildman–Crippen LogP) is 2.27. The molecule has 0 aromatic rings. The average molecular weight is 199 g/mol. The number of hydrogen-bond donors (Lipinski definition) is 1. The highest BCUT2D eigenvalue weighted by Gasteiger charge is 2.25. The second kappa shape index (κ2) is 5.72. The van der Waals surface area contributed by atoms with Crippen LogP contribution in [0.5, 0.6) is 0 Å². The molecule has 1 fully saturated rings. The van der Waals surface area contributed by atoms with Gasteiger partial charge in [0.25, 0.3) is 0 Å². The molecule has 0 aliphatic heterocycles. The Hall–Kier alpha value is -0.0800. The van der Waals surface area contributed by atoms with Crippen molar-refractivity contribution in [3.05, 3.63) is 0 Å². The molecular formula is C12H25NO. The lowest BCUT2D eigenvalue weighted by atomic mass is 9.83. The Morgan fingerprint density at radius 3 is 2.71 bits per heavy atom. The molecule has 0 aromatic carbocycles. The maximum absolute atomic E-state index is 9.12. The van der Waals surface area contributed by atoms with Crippen LogP contribution in [0.2, 0.25) is 0 Å². The zero-order valence-electron chi connectivity index (χ0n) is 9.87. The van der Waals surface area contributed by atoms with Gasteiger partial charge >= 0.3 is 0 Å². The monoisotopic (exact) mass is 199 g/mol. The summed E-state index contributed by atoms with van der Waals surface area (Å²) < 4.78 is 0. The summed E-state index contributed by atoms with van der Waals surface area (Å²) in [7, 11) is 2.16. The molecule has 84 valence electrons. The molecular weight excluding hydrogens is 174 g/mol. The van der Waals surface area contributed by atoms with Gasteiger partial charge < -0.3 is 5.11 Å². The highest BCUT2D eigenvalue weighted by Crippen LogP contribution is 2.29. The average Bonchev–Trinajstić information content (AvgIpc) is 2.27. The van der Waals surface area contributed by atoms with Gasteiger partial charge in [-0.25, -0.2) is 0 Å². The van der Waals surface area contributed by atoms with Gasteiger partial charge in [0.15, 0.2) is 0 Å². The van der Waals surface area contributed by atoms with E-state index in [9.17, 15) is 0 Å². The molecule has 1 aliphatic carbocycles. The molecule has 1 N–H and O–H groups in total. The first-order valence-electron chi connectivity index (χ1n) is 6.01. The van der Waals surface area contributed by atoms with E-state index in [2.05, 4.69) is 25.8 Å². The quantitative estimate of drug-likeness (QED) is 0.751. The van der Waals surface area contributed by atoms with Crippen molar-refractivity contribution in [1.82, 2.24) is 4.90 Å². The number of likely N-dealkylation sites (N-methyl/N-ethyl adjacent to an activating group) is 1. The summed E-state index contributed by atoms with van der Waals surface area (Å²) in [6.07, 6.45) is 6.74. The third-order valence-corrected chi connectivity index (χ3v) is 3.87. The predicted molar refractivity (Wildman–Crippen MR) is 60.3 cm³/mol. The van der Waals surface area contributed by atoms with E-state index in [1.807, 2.05) is 0 Å². The highest BCUT2D eigenvalue weighted by molar-refractivity contribution is 4.80. The van der Waals surface area contributed by atoms with Gasteiger partial charge in [0.05, 0.1) is 6.61 Å². The van der Waals surface area contributed by atoms with Gasteiger partial charge in [0.2, 0.25) is 0 Å². The molecule has 0 radical (unpaired) electrons. The molecule has 0 spiro atoms. The van der Waals surface area contributed by atoms with Crippen molar-refractivity contribution < 1.29 is 5.11 Å². The van der Waals surface area contributed by atoms with E-state index in [1.54, 1.807) is 0 Å². The van der Waals surface area contributed by atoms with E-state index in [0.717, 1.165) is 5.92 Å². The van der Waals surface area contributed by atoms with Crippen molar-refractivity contribution in [2.24, 2.45) is 5.92 Å². The largest absolute Gasteiger partial charge is 0.395 e. The zero-order chi connectivity index (χ0) is 10.6. The van der Waals surface area contributed by atoms with Crippen molar-refractivity contribution in [2.45, 2.75) is 58.0 Å². The number of aliphatic hydroxyl groups is 1. The van der Waals surface area contributed by atoms with Gasteiger partial charge in [-0.3, -0.25) is 4.90 Å². The minimum absolute atomic E-state index is 0.282. The maximum Gasteiger partial charge on any atom is 0.0584 e. The molecule has 3 atom stereocenters. The summed E-state index contributed by atoms with van der Waals surface area (Å²) in [5.41, 5.74) is 0. The summed E-state index contributed by atoms with van der Waals surface area (Å²) >= 11 is 0. The normalized spacial score (nSPS) is 30.6. The van der Waals surface area contributed by atoms with Gasteiger partial charge in [-0.2, -0.15) is 0 Å². The van der Waals surface area contributed by atoms with Crippen LogP contribution in [0, 0.1) is 5.92 Å². The minimum Gasteiger partial charge on any atom is -0.395 e. The molecule has 3 unspecified atom stereocenters. The van der Waals surface area contributed by atoms with E-state index in [1.165, 1.54) is 32.1 Å². The topological polar surface area (TPSA) is 23.5 Å². The first-order valence-corrected chi connectivity index (χ1v) is 6.01. The Morgan fingerprint density at radius 1 is 1.43 bits per heavy atom. The first kappa shape index (κ1) is 12.0.